The van der Waals surface area contributed by atoms with Crippen molar-refractivity contribution in [2.45, 2.75) is 0 Å². The smallest absolute Gasteiger partial charge is 0.245 e. The van der Waals surface area contributed by atoms with Crippen LogP contribution in [0.1, 0.15) is 10.4 Å². The Balaban J connectivity index is 2.93. The van der Waals surface area contributed by atoms with Crippen molar-refractivity contribution in [3.8, 4) is 6.07 Å². The molecule has 0 radical (unpaired) electrons. The van der Waals surface area contributed by atoms with E-state index in [0.717, 1.165) is 2.88 Å². The summed E-state index contributed by atoms with van der Waals surface area (Å²) in [5, 5.41) is 12.7. The summed E-state index contributed by atoms with van der Waals surface area (Å²) >= 11 is 3.48. The predicted octanol–water partition coefficient (Wildman–Crippen LogP) is 1.42. The number of ketones is 1. The molecule has 0 spiro atoms. The lowest BCUT2D eigenvalue weighted by molar-refractivity contribution is -0.121. The van der Waals surface area contributed by atoms with Crippen LogP contribution in [0.15, 0.2) is 11.4 Å². The summed E-state index contributed by atoms with van der Waals surface area (Å²) in [5.41, 5.74) is 0.416. The summed E-state index contributed by atoms with van der Waals surface area (Å²) in [4.78, 5) is 22.9. The largest absolute Gasteiger partial charge is 0.358 e. The fourth-order valence-electron chi connectivity index (χ4n) is 0.987. The van der Waals surface area contributed by atoms with Crippen LogP contribution in [-0.4, -0.2) is 18.7 Å². The predicted molar refractivity (Wildman–Crippen MR) is 64.5 cm³/mol. The Morgan fingerprint density at radius 1 is 1.67 bits per heavy atom. The molecule has 0 saturated heterocycles. The summed E-state index contributed by atoms with van der Waals surface area (Å²) in [6.45, 7) is 0. The molecule has 1 aromatic heterocycles. The zero-order valence-electron chi connectivity index (χ0n) is 7.78. The average Bonchev–Trinajstić information content (AvgIpc) is 2.65. The highest BCUT2D eigenvalue weighted by Gasteiger charge is 2.27. The van der Waals surface area contributed by atoms with Gasteiger partial charge in [-0.3, -0.25) is 9.59 Å². The number of nitrogens with one attached hydrogen (secondary N) is 1. The Bertz CT molecular complexity index is 436. The normalized spacial score (nSPS) is 11.5. The minimum Gasteiger partial charge on any atom is -0.358 e. The Kier molecular flexibility index (Phi) is 4.23. The van der Waals surface area contributed by atoms with Gasteiger partial charge in [-0.25, -0.2) is 0 Å². The summed E-state index contributed by atoms with van der Waals surface area (Å²) < 4.78 is 0.949. The number of carbonyl (C=O) groups excluding carboxylic acids is 2. The van der Waals surface area contributed by atoms with Crippen LogP contribution in [0.5, 0.6) is 0 Å². The molecule has 1 unspecified atom stereocenters. The lowest BCUT2D eigenvalue weighted by Crippen LogP contribution is -2.31. The molecule has 4 nitrogen and oxygen atoms in total. The van der Waals surface area contributed by atoms with Crippen molar-refractivity contribution in [2.24, 2.45) is 5.92 Å². The fourth-order valence-corrected chi connectivity index (χ4v) is 2.32. The molecule has 0 saturated carbocycles. The van der Waals surface area contributed by atoms with Crippen LogP contribution in [0.3, 0.4) is 0 Å². The summed E-state index contributed by atoms with van der Waals surface area (Å²) in [6.07, 6.45) is 0. The SMILES string of the molecule is CNC(=O)C(C#N)C(=O)c1csc(I)c1. The molecule has 15 heavy (non-hydrogen) atoms. The molecular weight excluding hydrogens is 327 g/mol. The number of nitrogens with zero attached hydrogens (tertiary/aromatic N) is 1. The van der Waals surface area contributed by atoms with E-state index in [1.807, 2.05) is 0 Å². The van der Waals surface area contributed by atoms with Gasteiger partial charge in [0.1, 0.15) is 0 Å². The van der Waals surface area contributed by atoms with Gasteiger partial charge in [0.2, 0.25) is 5.91 Å². The lowest BCUT2D eigenvalue weighted by Gasteiger charge is -2.04. The van der Waals surface area contributed by atoms with Crippen LogP contribution < -0.4 is 5.32 Å². The molecule has 0 fully saturated rings. The van der Waals surface area contributed by atoms with Gasteiger partial charge in [-0.1, -0.05) is 0 Å². The monoisotopic (exact) mass is 334 g/mol. The molecule has 1 aromatic rings. The molecule has 0 aliphatic rings. The van der Waals surface area contributed by atoms with E-state index in [1.165, 1.54) is 18.4 Å². The second kappa shape index (κ2) is 5.23. The molecule has 1 atom stereocenters. The van der Waals surface area contributed by atoms with E-state index >= 15 is 0 Å². The van der Waals surface area contributed by atoms with Crippen LogP contribution in [0, 0.1) is 20.1 Å². The van der Waals surface area contributed by atoms with E-state index in [4.69, 9.17) is 5.26 Å². The topological polar surface area (TPSA) is 70.0 Å². The van der Waals surface area contributed by atoms with E-state index in [9.17, 15) is 9.59 Å². The maximum absolute atomic E-state index is 11.7. The van der Waals surface area contributed by atoms with Gasteiger partial charge in [0, 0.05) is 18.0 Å². The van der Waals surface area contributed by atoms with Gasteiger partial charge in [-0.05, 0) is 28.7 Å². The summed E-state index contributed by atoms with van der Waals surface area (Å²) in [7, 11) is 1.40. The van der Waals surface area contributed by atoms with Gasteiger partial charge < -0.3 is 5.32 Å². The number of hydrogen-bond donors (Lipinski definition) is 1. The molecular formula is C9H7IN2O2S. The number of rotatable bonds is 3. The second-order valence-corrected chi connectivity index (χ2v) is 5.49. The summed E-state index contributed by atoms with van der Waals surface area (Å²) in [6, 6.07) is 3.37. The van der Waals surface area contributed by atoms with Crippen LogP contribution >= 0.6 is 33.9 Å². The van der Waals surface area contributed by atoms with Gasteiger partial charge in [0.05, 0.1) is 8.95 Å². The maximum Gasteiger partial charge on any atom is 0.245 e. The van der Waals surface area contributed by atoms with Crippen molar-refractivity contribution in [3.63, 3.8) is 0 Å². The molecule has 6 heteroatoms. The molecule has 1 rings (SSSR count). The van der Waals surface area contributed by atoms with Crippen molar-refractivity contribution in [3.05, 3.63) is 19.9 Å². The standard InChI is InChI=1S/C9H7IN2O2S/c1-12-9(14)6(3-11)8(13)5-2-7(10)15-4-5/h2,4,6H,1H3,(H,12,14). The molecule has 1 amide bonds. The molecule has 0 bridgehead atoms. The third-order valence-corrected chi connectivity index (χ3v) is 3.54. The zero-order valence-corrected chi connectivity index (χ0v) is 10.8. The minimum absolute atomic E-state index is 0.416. The lowest BCUT2D eigenvalue weighted by atomic mass is 10.0. The Hall–Kier alpha value is -0.940. The number of nitriles is 1. The van der Waals surface area contributed by atoms with Crippen LogP contribution in [0.2, 0.25) is 0 Å². The van der Waals surface area contributed by atoms with Crippen molar-refractivity contribution in [1.82, 2.24) is 5.32 Å². The van der Waals surface area contributed by atoms with Crippen molar-refractivity contribution >= 4 is 45.6 Å². The van der Waals surface area contributed by atoms with E-state index in [2.05, 4.69) is 27.9 Å². The summed E-state index contributed by atoms with van der Waals surface area (Å²) in [5.74, 6) is -2.26. The average molecular weight is 334 g/mol. The molecule has 0 aromatic carbocycles. The molecule has 1 heterocycles. The second-order valence-electron chi connectivity index (χ2n) is 2.68. The molecule has 0 aliphatic carbocycles. The van der Waals surface area contributed by atoms with E-state index < -0.39 is 17.6 Å². The minimum atomic E-state index is -1.25. The van der Waals surface area contributed by atoms with Gasteiger partial charge in [-0.15, -0.1) is 11.3 Å². The van der Waals surface area contributed by atoms with Crippen LogP contribution in [0.4, 0.5) is 0 Å². The van der Waals surface area contributed by atoms with Crippen molar-refractivity contribution in [2.75, 3.05) is 7.05 Å². The molecule has 1 N–H and O–H groups in total. The number of thiophene rings is 1. The maximum atomic E-state index is 11.7. The number of carbonyl (C=O) groups is 2. The van der Waals surface area contributed by atoms with Gasteiger partial charge >= 0.3 is 0 Å². The van der Waals surface area contributed by atoms with Crippen LogP contribution in [-0.2, 0) is 4.79 Å². The first-order valence-corrected chi connectivity index (χ1v) is 5.95. The van der Waals surface area contributed by atoms with Crippen molar-refractivity contribution in [1.29, 1.82) is 5.26 Å². The quantitative estimate of drug-likeness (QED) is 0.516. The molecule has 0 aliphatic heterocycles. The number of Topliss-reactive ketones (excluding diaryl/α,β-unsaturated/α-hetero) is 1. The molecule has 78 valence electrons. The third kappa shape index (κ3) is 2.76. The van der Waals surface area contributed by atoms with E-state index in [1.54, 1.807) is 17.5 Å². The Morgan fingerprint density at radius 2 is 2.33 bits per heavy atom. The van der Waals surface area contributed by atoms with Crippen molar-refractivity contribution < 1.29 is 9.59 Å². The van der Waals surface area contributed by atoms with E-state index in [0.29, 0.717) is 5.56 Å². The van der Waals surface area contributed by atoms with Gasteiger partial charge in [-0.2, -0.15) is 5.26 Å². The first kappa shape index (κ1) is 12.1. The first-order valence-electron chi connectivity index (χ1n) is 3.99. The van der Waals surface area contributed by atoms with Gasteiger partial charge in [0.15, 0.2) is 11.7 Å². The number of amides is 1. The Morgan fingerprint density at radius 3 is 2.73 bits per heavy atom. The highest BCUT2D eigenvalue weighted by atomic mass is 127. The number of hydrogen-bond acceptors (Lipinski definition) is 4. The number of halogens is 1. The fraction of sp³-hybridized carbons (Fsp3) is 0.222. The zero-order chi connectivity index (χ0) is 11.4. The highest BCUT2D eigenvalue weighted by Crippen LogP contribution is 2.19. The van der Waals surface area contributed by atoms with Crippen LogP contribution in [0.25, 0.3) is 0 Å². The van der Waals surface area contributed by atoms with Gasteiger partial charge in [0.25, 0.3) is 0 Å². The Labute approximate surface area is 104 Å². The first-order chi connectivity index (χ1) is 7.10. The highest BCUT2D eigenvalue weighted by molar-refractivity contribution is 14.1. The third-order valence-electron chi connectivity index (χ3n) is 1.75. The van der Waals surface area contributed by atoms with E-state index in [-0.39, 0.29) is 0 Å².